The molecule has 0 aromatic carbocycles. The van der Waals surface area contributed by atoms with E-state index < -0.39 is 0 Å². The van der Waals surface area contributed by atoms with Crippen molar-refractivity contribution in [1.29, 1.82) is 0 Å². The predicted octanol–water partition coefficient (Wildman–Crippen LogP) is 2.31. The van der Waals surface area contributed by atoms with Crippen LogP contribution in [-0.4, -0.2) is 30.5 Å². The second kappa shape index (κ2) is 7.74. The number of aromatic nitrogens is 1. The molecule has 0 saturated carbocycles. The smallest absolute Gasteiger partial charge is 0.220 e. The summed E-state index contributed by atoms with van der Waals surface area (Å²) in [4.78, 5) is 16.3. The number of rotatable bonds is 7. The van der Waals surface area contributed by atoms with Crippen LogP contribution in [0.2, 0.25) is 0 Å². The van der Waals surface area contributed by atoms with Crippen LogP contribution in [0.1, 0.15) is 49.7 Å². The molecule has 1 saturated heterocycles. The van der Waals surface area contributed by atoms with E-state index in [0.717, 1.165) is 31.6 Å². The summed E-state index contributed by atoms with van der Waals surface area (Å²) in [5.74, 6) is 1.35. The van der Waals surface area contributed by atoms with E-state index in [2.05, 4.69) is 34.8 Å². The van der Waals surface area contributed by atoms with Gasteiger partial charge in [0.05, 0.1) is 10.7 Å². The van der Waals surface area contributed by atoms with Gasteiger partial charge in [-0.05, 0) is 31.8 Å². The van der Waals surface area contributed by atoms with Crippen LogP contribution < -0.4 is 10.6 Å². The molecule has 0 aliphatic carbocycles. The summed E-state index contributed by atoms with van der Waals surface area (Å²) < 4.78 is 0. The Labute approximate surface area is 125 Å². The van der Waals surface area contributed by atoms with E-state index in [4.69, 9.17) is 0 Å². The zero-order valence-electron chi connectivity index (χ0n) is 12.4. The zero-order chi connectivity index (χ0) is 14.4. The standard InChI is InChI=1S/C15H25N3OS/c1-11(2)15-18-13(10-20-15)6-8-17-14(19)4-3-12-5-7-16-9-12/h10-12,16H,3-9H2,1-2H3,(H,17,19). The molecule has 4 nitrogen and oxygen atoms in total. The molecule has 2 heterocycles. The highest BCUT2D eigenvalue weighted by molar-refractivity contribution is 7.09. The number of hydrogen-bond acceptors (Lipinski definition) is 4. The van der Waals surface area contributed by atoms with Crippen LogP contribution in [0.25, 0.3) is 0 Å². The van der Waals surface area contributed by atoms with Crippen LogP contribution in [0.5, 0.6) is 0 Å². The Hall–Kier alpha value is -0.940. The van der Waals surface area contributed by atoms with Gasteiger partial charge in [0.2, 0.25) is 5.91 Å². The Morgan fingerprint density at radius 1 is 1.60 bits per heavy atom. The summed E-state index contributed by atoms with van der Waals surface area (Å²) in [6.45, 7) is 7.19. The van der Waals surface area contributed by atoms with Crippen molar-refractivity contribution in [1.82, 2.24) is 15.6 Å². The van der Waals surface area contributed by atoms with Gasteiger partial charge in [0.1, 0.15) is 0 Å². The minimum Gasteiger partial charge on any atom is -0.356 e. The monoisotopic (exact) mass is 295 g/mol. The molecule has 1 atom stereocenters. The fourth-order valence-electron chi connectivity index (χ4n) is 2.42. The van der Waals surface area contributed by atoms with Gasteiger partial charge in [-0.1, -0.05) is 13.8 Å². The molecule has 112 valence electrons. The van der Waals surface area contributed by atoms with Crippen molar-refractivity contribution in [2.75, 3.05) is 19.6 Å². The van der Waals surface area contributed by atoms with E-state index in [-0.39, 0.29) is 5.91 Å². The Kier molecular flexibility index (Phi) is 5.98. The van der Waals surface area contributed by atoms with Crippen LogP contribution in [0, 0.1) is 5.92 Å². The Morgan fingerprint density at radius 2 is 2.45 bits per heavy atom. The number of carbonyl (C=O) groups is 1. The molecule has 1 unspecified atom stereocenters. The quantitative estimate of drug-likeness (QED) is 0.811. The molecule has 1 fully saturated rings. The van der Waals surface area contributed by atoms with E-state index in [1.165, 1.54) is 11.4 Å². The highest BCUT2D eigenvalue weighted by Crippen LogP contribution is 2.19. The van der Waals surface area contributed by atoms with Crippen LogP contribution in [0.3, 0.4) is 0 Å². The summed E-state index contributed by atoms with van der Waals surface area (Å²) in [6, 6.07) is 0. The number of nitrogens with one attached hydrogen (secondary N) is 2. The van der Waals surface area contributed by atoms with E-state index in [0.29, 0.717) is 24.8 Å². The molecular weight excluding hydrogens is 270 g/mol. The lowest BCUT2D eigenvalue weighted by molar-refractivity contribution is -0.121. The van der Waals surface area contributed by atoms with E-state index in [9.17, 15) is 4.79 Å². The first-order chi connectivity index (χ1) is 9.65. The first kappa shape index (κ1) is 15.4. The molecule has 1 aliphatic rings. The molecule has 2 N–H and O–H groups in total. The maximum atomic E-state index is 11.8. The van der Waals surface area contributed by atoms with Crippen molar-refractivity contribution < 1.29 is 4.79 Å². The summed E-state index contributed by atoms with van der Waals surface area (Å²) in [5.41, 5.74) is 1.10. The predicted molar refractivity (Wildman–Crippen MR) is 83.1 cm³/mol. The lowest BCUT2D eigenvalue weighted by Gasteiger charge is -2.08. The summed E-state index contributed by atoms with van der Waals surface area (Å²) in [6.07, 6.45) is 3.71. The highest BCUT2D eigenvalue weighted by atomic mass is 32.1. The molecular formula is C15H25N3OS. The third kappa shape index (κ3) is 4.87. The molecule has 0 radical (unpaired) electrons. The van der Waals surface area contributed by atoms with Crippen LogP contribution >= 0.6 is 11.3 Å². The molecule has 2 rings (SSSR count). The molecule has 1 aromatic rings. The van der Waals surface area contributed by atoms with Crippen molar-refractivity contribution >= 4 is 17.2 Å². The van der Waals surface area contributed by atoms with Crippen LogP contribution in [0.4, 0.5) is 0 Å². The zero-order valence-corrected chi connectivity index (χ0v) is 13.3. The van der Waals surface area contributed by atoms with Gasteiger partial charge in [-0.3, -0.25) is 4.79 Å². The maximum absolute atomic E-state index is 11.8. The molecule has 1 aromatic heterocycles. The van der Waals surface area contributed by atoms with Crippen molar-refractivity contribution in [3.8, 4) is 0 Å². The number of carbonyl (C=O) groups excluding carboxylic acids is 1. The normalized spacial score (nSPS) is 18.6. The molecule has 1 aliphatic heterocycles. The fourth-order valence-corrected chi connectivity index (χ4v) is 3.29. The van der Waals surface area contributed by atoms with Crippen molar-refractivity contribution in [3.05, 3.63) is 16.1 Å². The average Bonchev–Trinajstić information content (AvgIpc) is 3.07. The maximum Gasteiger partial charge on any atom is 0.220 e. The van der Waals surface area contributed by atoms with Gasteiger partial charge >= 0.3 is 0 Å². The molecule has 0 bridgehead atoms. The Morgan fingerprint density at radius 3 is 3.10 bits per heavy atom. The van der Waals surface area contributed by atoms with Gasteiger partial charge in [-0.2, -0.15) is 0 Å². The summed E-state index contributed by atoms with van der Waals surface area (Å²) >= 11 is 1.71. The molecule has 5 heteroatoms. The van der Waals surface area contributed by atoms with Gasteiger partial charge in [0, 0.05) is 30.7 Å². The van der Waals surface area contributed by atoms with Crippen LogP contribution in [0.15, 0.2) is 5.38 Å². The van der Waals surface area contributed by atoms with Gasteiger partial charge < -0.3 is 10.6 Å². The second-order valence-corrected chi connectivity index (χ2v) is 6.72. The van der Waals surface area contributed by atoms with Crippen LogP contribution in [-0.2, 0) is 11.2 Å². The minimum absolute atomic E-state index is 0.177. The summed E-state index contributed by atoms with van der Waals surface area (Å²) in [7, 11) is 0. The Bertz CT molecular complexity index is 425. The van der Waals surface area contributed by atoms with Crippen molar-refractivity contribution in [2.24, 2.45) is 5.92 Å². The third-order valence-electron chi connectivity index (χ3n) is 3.71. The third-order valence-corrected chi connectivity index (χ3v) is 4.90. The van der Waals surface area contributed by atoms with Crippen molar-refractivity contribution in [2.45, 2.75) is 45.4 Å². The topological polar surface area (TPSA) is 54.0 Å². The SMILES string of the molecule is CC(C)c1nc(CCNC(=O)CCC2CCNC2)cs1. The average molecular weight is 295 g/mol. The largest absolute Gasteiger partial charge is 0.356 e. The summed E-state index contributed by atoms with van der Waals surface area (Å²) in [5, 5.41) is 9.62. The number of hydrogen-bond donors (Lipinski definition) is 2. The van der Waals surface area contributed by atoms with Gasteiger partial charge in [-0.25, -0.2) is 4.98 Å². The number of nitrogens with zero attached hydrogens (tertiary/aromatic N) is 1. The lowest BCUT2D eigenvalue weighted by Crippen LogP contribution is -2.26. The molecule has 20 heavy (non-hydrogen) atoms. The van der Waals surface area contributed by atoms with Gasteiger partial charge in [0.15, 0.2) is 0 Å². The fraction of sp³-hybridized carbons (Fsp3) is 0.733. The molecule has 1 amide bonds. The Balaban J connectivity index is 1.60. The van der Waals surface area contributed by atoms with Crippen molar-refractivity contribution in [3.63, 3.8) is 0 Å². The first-order valence-corrected chi connectivity index (χ1v) is 8.45. The first-order valence-electron chi connectivity index (χ1n) is 7.57. The van der Waals surface area contributed by atoms with E-state index in [1.54, 1.807) is 11.3 Å². The molecule has 0 spiro atoms. The van der Waals surface area contributed by atoms with E-state index >= 15 is 0 Å². The van der Waals surface area contributed by atoms with Gasteiger partial charge in [-0.15, -0.1) is 11.3 Å². The van der Waals surface area contributed by atoms with Gasteiger partial charge in [0.25, 0.3) is 0 Å². The lowest BCUT2D eigenvalue weighted by atomic mass is 10.0. The number of amides is 1. The van der Waals surface area contributed by atoms with E-state index in [1.807, 2.05) is 0 Å². The minimum atomic E-state index is 0.177. The second-order valence-electron chi connectivity index (χ2n) is 5.83. The highest BCUT2D eigenvalue weighted by Gasteiger charge is 2.15. The number of thiazole rings is 1.